The van der Waals surface area contributed by atoms with Crippen molar-refractivity contribution in [2.45, 2.75) is 206 Å². The Labute approximate surface area is 311 Å². The fourth-order valence-electron chi connectivity index (χ4n) is 5.91. The number of hydrogen-bond donors (Lipinski definition) is 4. The Morgan fingerprint density at radius 1 is 0.588 bits per heavy atom. The Morgan fingerprint density at radius 3 is 1.63 bits per heavy atom. The summed E-state index contributed by atoms with van der Waals surface area (Å²) >= 11 is 0. The molecule has 0 spiro atoms. The van der Waals surface area contributed by atoms with Gasteiger partial charge in [-0.3, -0.25) is 14.4 Å². The second kappa shape index (κ2) is 37.1. The third-order valence-electron chi connectivity index (χ3n) is 9.16. The van der Waals surface area contributed by atoms with Gasteiger partial charge < -0.3 is 25.6 Å². The van der Waals surface area contributed by atoms with Crippen molar-refractivity contribution in [3.63, 3.8) is 0 Å². The smallest absolute Gasteiger partial charge is 0.328 e. The van der Waals surface area contributed by atoms with Crippen LogP contribution in [-0.4, -0.2) is 59.3 Å². The van der Waals surface area contributed by atoms with Crippen LogP contribution in [0.2, 0.25) is 0 Å². The van der Waals surface area contributed by atoms with Crippen LogP contribution < -0.4 is 10.6 Å². The number of amides is 2. The molecule has 0 saturated carbocycles. The first-order valence-corrected chi connectivity index (χ1v) is 20.7. The average molecular weight is 721 g/mol. The molecule has 0 aliphatic heterocycles. The molecule has 0 radical (unpaired) electrons. The van der Waals surface area contributed by atoms with Crippen LogP contribution >= 0.6 is 0 Å². The van der Waals surface area contributed by atoms with E-state index in [4.69, 9.17) is 14.9 Å². The normalized spacial score (nSPS) is 12.7. The van der Waals surface area contributed by atoms with Gasteiger partial charge in [-0.2, -0.15) is 0 Å². The molecule has 0 aliphatic carbocycles. The van der Waals surface area contributed by atoms with Crippen molar-refractivity contribution >= 4 is 23.8 Å². The first-order chi connectivity index (χ1) is 24.8. The summed E-state index contributed by atoms with van der Waals surface area (Å²) < 4.78 is 5.86. The summed E-state index contributed by atoms with van der Waals surface area (Å²) in [5, 5.41) is 22.5. The fourth-order valence-corrected chi connectivity index (χ4v) is 5.91. The lowest BCUT2D eigenvalue weighted by Gasteiger charge is -2.15. The Morgan fingerprint density at radius 2 is 1.06 bits per heavy atom. The highest BCUT2D eigenvalue weighted by Crippen LogP contribution is 2.15. The van der Waals surface area contributed by atoms with Gasteiger partial charge >= 0.3 is 11.9 Å². The van der Waals surface area contributed by atoms with Crippen molar-refractivity contribution in [3.05, 3.63) is 24.3 Å². The molecule has 0 rings (SSSR count). The number of allylic oxidation sites excluding steroid dienone is 3. The number of carbonyl (C=O) groups is 4. The van der Waals surface area contributed by atoms with E-state index in [1.54, 1.807) is 0 Å². The second-order valence-electron chi connectivity index (χ2n) is 14.1. The highest BCUT2D eigenvalue weighted by molar-refractivity contribution is 5.87. The van der Waals surface area contributed by atoms with Gasteiger partial charge in [0.1, 0.15) is 12.1 Å². The molecular formula is C42H76N2O7. The third kappa shape index (κ3) is 34.2. The number of hydrogen-bond acceptors (Lipinski definition) is 6. The minimum atomic E-state index is -1.39. The second-order valence-corrected chi connectivity index (χ2v) is 14.1. The number of aliphatic carboxylic acids is 1. The predicted molar refractivity (Wildman–Crippen MR) is 208 cm³/mol. The molecule has 51 heavy (non-hydrogen) atoms. The van der Waals surface area contributed by atoms with Crippen molar-refractivity contribution in [2.75, 3.05) is 13.2 Å². The first kappa shape index (κ1) is 48.3. The van der Waals surface area contributed by atoms with Gasteiger partial charge in [-0.25, -0.2) is 4.79 Å². The molecule has 296 valence electrons. The zero-order valence-corrected chi connectivity index (χ0v) is 32.6. The zero-order chi connectivity index (χ0) is 37.6. The number of carboxylic acid groups (broad SMARTS) is 1. The predicted octanol–water partition coefficient (Wildman–Crippen LogP) is 9.65. The van der Waals surface area contributed by atoms with Gasteiger partial charge in [-0.05, 0) is 70.3 Å². The molecule has 2 unspecified atom stereocenters. The van der Waals surface area contributed by atoms with Crippen molar-refractivity contribution in [3.8, 4) is 0 Å². The van der Waals surface area contributed by atoms with Gasteiger partial charge in [0.2, 0.25) is 11.8 Å². The molecule has 0 bridgehead atoms. The van der Waals surface area contributed by atoms with Crippen molar-refractivity contribution in [1.82, 2.24) is 10.6 Å². The average Bonchev–Trinajstić information content (AvgIpc) is 3.11. The van der Waals surface area contributed by atoms with Crippen LogP contribution in [0.4, 0.5) is 0 Å². The maximum Gasteiger partial charge on any atom is 0.328 e. The maximum absolute atomic E-state index is 12.6. The van der Waals surface area contributed by atoms with E-state index in [0.717, 1.165) is 51.4 Å². The molecule has 9 nitrogen and oxygen atoms in total. The quantitative estimate of drug-likeness (QED) is 0.0284. The lowest BCUT2D eigenvalue weighted by Crippen LogP contribution is -2.47. The summed E-state index contributed by atoms with van der Waals surface area (Å²) in [6.45, 7) is 3.40. The molecule has 9 heteroatoms. The van der Waals surface area contributed by atoms with Gasteiger partial charge in [0.15, 0.2) is 0 Å². The van der Waals surface area contributed by atoms with Crippen LogP contribution in [0.3, 0.4) is 0 Å². The van der Waals surface area contributed by atoms with Gasteiger partial charge in [-0.1, -0.05) is 135 Å². The van der Waals surface area contributed by atoms with E-state index in [1.165, 1.54) is 109 Å². The Balaban J connectivity index is 4.03. The molecule has 4 N–H and O–H groups in total. The van der Waals surface area contributed by atoms with E-state index in [1.807, 2.05) is 6.08 Å². The molecular weight excluding hydrogens is 644 g/mol. The number of carbonyl (C=O) groups excluding carboxylic acids is 3. The van der Waals surface area contributed by atoms with Crippen molar-refractivity contribution < 1.29 is 34.1 Å². The first-order valence-electron chi connectivity index (χ1n) is 20.7. The van der Waals surface area contributed by atoms with Crippen LogP contribution in [0.5, 0.6) is 0 Å². The number of esters is 1. The molecule has 0 saturated heterocycles. The number of aliphatic hydroxyl groups is 1. The van der Waals surface area contributed by atoms with Crippen molar-refractivity contribution in [1.29, 1.82) is 0 Å². The van der Waals surface area contributed by atoms with Crippen molar-refractivity contribution in [2.24, 2.45) is 0 Å². The van der Waals surface area contributed by atoms with E-state index in [-0.39, 0.29) is 30.9 Å². The summed E-state index contributed by atoms with van der Waals surface area (Å²) in [6, 6.07) is -1.39. The van der Waals surface area contributed by atoms with E-state index in [0.29, 0.717) is 12.8 Å². The minimum Gasteiger partial charge on any atom is -0.480 e. The molecule has 0 aromatic rings. The zero-order valence-electron chi connectivity index (χ0n) is 32.6. The monoisotopic (exact) mass is 721 g/mol. The van der Waals surface area contributed by atoms with Gasteiger partial charge in [0, 0.05) is 12.8 Å². The van der Waals surface area contributed by atoms with Crippen LogP contribution in [0.1, 0.15) is 194 Å². The lowest BCUT2D eigenvalue weighted by atomic mass is 10.1. The Bertz CT molecular complexity index is 921. The summed E-state index contributed by atoms with van der Waals surface area (Å²) in [6.07, 6.45) is 39.6. The minimum absolute atomic E-state index is 0.117. The highest BCUT2D eigenvalue weighted by atomic mass is 16.5. The highest BCUT2D eigenvalue weighted by Gasteiger charge is 2.18. The standard InChI is InChI=1S/C42H76N2O7/c1-3-5-7-9-10-11-12-13-14-15-16-17-18-19-20-21-22-24-30-34-41(48)51-37(31-27-23-8-6-4-2)32-28-25-26-29-33-39(46)43-35-40(47)44-38(36-45)42(49)50/h13-14,27,31,37-38,45H,3-12,15-26,28-30,32-36H2,1-2H3,(H,43,46)(H,44,47)(H,49,50)/b14-13-,31-27-. The maximum atomic E-state index is 12.6. The van der Waals surface area contributed by atoms with Gasteiger partial charge in [0.05, 0.1) is 13.2 Å². The van der Waals surface area contributed by atoms with Gasteiger partial charge in [0.25, 0.3) is 0 Å². The topological polar surface area (TPSA) is 142 Å². The molecule has 2 amide bonds. The largest absolute Gasteiger partial charge is 0.480 e. The van der Waals surface area contributed by atoms with Crippen LogP contribution in [0.15, 0.2) is 24.3 Å². The van der Waals surface area contributed by atoms with E-state index in [2.05, 4.69) is 42.7 Å². The molecule has 0 aliphatic rings. The molecule has 0 aromatic carbocycles. The number of nitrogens with one attached hydrogen (secondary N) is 2. The molecule has 0 fully saturated rings. The number of ether oxygens (including phenoxy) is 1. The van der Waals surface area contributed by atoms with Crippen LogP contribution in [0.25, 0.3) is 0 Å². The molecule has 0 aromatic heterocycles. The van der Waals surface area contributed by atoms with Crippen LogP contribution in [0, 0.1) is 0 Å². The summed E-state index contributed by atoms with van der Waals surface area (Å²) in [7, 11) is 0. The lowest BCUT2D eigenvalue weighted by molar-refractivity contribution is -0.147. The van der Waals surface area contributed by atoms with E-state index in [9.17, 15) is 19.2 Å². The number of rotatable bonds is 37. The van der Waals surface area contributed by atoms with Crippen LogP contribution in [-0.2, 0) is 23.9 Å². The Hall–Kier alpha value is -2.68. The van der Waals surface area contributed by atoms with E-state index >= 15 is 0 Å². The number of carboxylic acids is 1. The summed E-state index contributed by atoms with van der Waals surface area (Å²) in [5.41, 5.74) is 0. The summed E-state index contributed by atoms with van der Waals surface area (Å²) in [5.74, 6) is -2.40. The number of unbranched alkanes of at least 4 members (excludes halogenated alkanes) is 21. The third-order valence-corrected chi connectivity index (χ3v) is 9.16. The van der Waals surface area contributed by atoms with Gasteiger partial charge in [-0.15, -0.1) is 0 Å². The SMILES string of the molecule is CCCCC/C=C\C(CCCCCCC(=O)NCC(=O)NC(CO)C(=O)O)OC(=O)CCCCCCCCCCC/C=C\CCCCCCCC. The Kier molecular flexibility index (Phi) is 35.1. The number of aliphatic hydroxyl groups excluding tert-OH is 1. The summed E-state index contributed by atoms with van der Waals surface area (Å²) in [4.78, 5) is 47.3. The van der Waals surface area contributed by atoms with E-state index < -0.39 is 24.5 Å². The molecule has 0 heterocycles. The fraction of sp³-hybridized carbons (Fsp3) is 0.810. The molecule has 2 atom stereocenters.